The minimum atomic E-state index is -3.79. The molecule has 2 rings (SSSR count). The lowest BCUT2D eigenvalue weighted by molar-refractivity contribution is 0.282. The second-order valence-corrected chi connectivity index (χ2v) is 7.20. The first kappa shape index (κ1) is 16.5. The molecule has 8 heteroatoms. The molecule has 0 aliphatic heterocycles. The van der Waals surface area contributed by atoms with Crippen LogP contribution in [-0.4, -0.2) is 39.0 Å². The predicted octanol–water partition coefficient (Wildman–Crippen LogP) is 1.82. The molecule has 1 aliphatic carbocycles. The molecule has 0 unspecified atom stereocenters. The van der Waals surface area contributed by atoms with E-state index in [9.17, 15) is 12.8 Å². The lowest BCUT2D eigenvalue weighted by Gasteiger charge is -2.19. The van der Waals surface area contributed by atoms with Crippen molar-refractivity contribution in [3.8, 4) is 0 Å². The van der Waals surface area contributed by atoms with Crippen molar-refractivity contribution in [1.29, 1.82) is 0 Å². The van der Waals surface area contributed by atoms with Gasteiger partial charge < -0.3 is 5.73 Å². The van der Waals surface area contributed by atoms with Crippen molar-refractivity contribution in [1.82, 2.24) is 9.62 Å². The van der Waals surface area contributed by atoms with Crippen LogP contribution in [-0.2, 0) is 10.0 Å². The molecule has 0 radical (unpaired) electrons. The van der Waals surface area contributed by atoms with Gasteiger partial charge >= 0.3 is 0 Å². The summed E-state index contributed by atoms with van der Waals surface area (Å²) in [4.78, 5) is 2.03. The highest BCUT2D eigenvalue weighted by molar-refractivity contribution is 7.89. The van der Waals surface area contributed by atoms with Crippen LogP contribution in [0.15, 0.2) is 17.0 Å². The van der Waals surface area contributed by atoms with E-state index in [-0.39, 0.29) is 22.2 Å². The van der Waals surface area contributed by atoms with Gasteiger partial charge in [-0.3, -0.25) is 4.90 Å². The molecule has 1 aromatic carbocycles. The van der Waals surface area contributed by atoms with Crippen molar-refractivity contribution in [3.05, 3.63) is 23.0 Å². The number of halogens is 2. The Morgan fingerprint density at radius 1 is 1.48 bits per heavy atom. The number of hydrogen-bond acceptors (Lipinski definition) is 4. The number of sulfonamides is 1. The van der Waals surface area contributed by atoms with Gasteiger partial charge in [0.05, 0.1) is 10.7 Å². The summed E-state index contributed by atoms with van der Waals surface area (Å²) in [5.41, 5.74) is 5.16. The van der Waals surface area contributed by atoms with Gasteiger partial charge in [0, 0.05) is 19.1 Å². The lowest BCUT2D eigenvalue weighted by Crippen LogP contribution is -2.36. The first-order valence-electron chi connectivity index (χ1n) is 6.83. The summed E-state index contributed by atoms with van der Waals surface area (Å²) in [5, 5.41) is -0.177. The molecule has 0 aromatic heterocycles. The van der Waals surface area contributed by atoms with Crippen molar-refractivity contribution in [2.45, 2.75) is 30.7 Å². The Morgan fingerprint density at radius 3 is 2.71 bits per heavy atom. The van der Waals surface area contributed by atoms with Gasteiger partial charge in [0.15, 0.2) is 0 Å². The van der Waals surface area contributed by atoms with Gasteiger partial charge in [0.1, 0.15) is 10.7 Å². The molecule has 3 N–H and O–H groups in total. The predicted molar refractivity (Wildman–Crippen MR) is 81.3 cm³/mol. The quantitative estimate of drug-likeness (QED) is 0.745. The first-order valence-corrected chi connectivity index (χ1v) is 8.69. The van der Waals surface area contributed by atoms with Crippen LogP contribution in [0.2, 0.25) is 5.02 Å². The number of nitrogen functional groups attached to an aromatic ring is 1. The van der Waals surface area contributed by atoms with Crippen molar-refractivity contribution in [2.75, 3.05) is 25.4 Å². The topological polar surface area (TPSA) is 75.4 Å². The van der Waals surface area contributed by atoms with Crippen LogP contribution in [0, 0.1) is 5.82 Å². The van der Waals surface area contributed by atoms with Crippen LogP contribution >= 0.6 is 11.6 Å². The normalized spacial score (nSPS) is 15.6. The van der Waals surface area contributed by atoms with Crippen LogP contribution in [0.25, 0.3) is 0 Å². The van der Waals surface area contributed by atoms with Crippen LogP contribution in [0.4, 0.5) is 10.1 Å². The second kappa shape index (κ2) is 6.48. The summed E-state index contributed by atoms with van der Waals surface area (Å²) >= 11 is 5.79. The summed E-state index contributed by atoms with van der Waals surface area (Å²) in [6.07, 6.45) is 2.34. The van der Waals surface area contributed by atoms with Gasteiger partial charge in [-0.25, -0.2) is 17.5 Å². The smallest absolute Gasteiger partial charge is 0.242 e. The number of nitrogens with zero attached hydrogens (tertiary/aromatic N) is 1. The summed E-state index contributed by atoms with van der Waals surface area (Å²) in [7, 11) is -3.79. The Balaban J connectivity index is 2.03. The van der Waals surface area contributed by atoms with E-state index >= 15 is 0 Å². The van der Waals surface area contributed by atoms with E-state index in [1.807, 2.05) is 6.92 Å². The average molecular weight is 336 g/mol. The Labute approximate surface area is 129 Å². The zero-order valence-corrected chi connectivity index (χ0v) is 13.3. The van der Waals surface area contributed by atoms with Gasteiger partial charge in [-0.15, -0.1) is 0 Å². The van der Waals surface area contributed by atoms with E-state index in [4.69, 9.17) is 17.3 Å². The van der Waals surface area contributed by atoms with E-state index in [1.165, 1.54) is 12.8 Å². The van der Waals surface area contributed by atoms with Crippen LogP contribution in [0.3, 0.4) is 0 Å². The minimum absolute atomic E-state index is 0.177. The van der Waals surface area contributed by atoms with E-state index in [1.54, 1.807) is 0 Å². The van der Waals surface area contributed by atoms with Gasteiger partial charge in [0.2, 0.25) is 10.0 Å². The molecule has 0 amide bonds. The molecule has 5 nitrogen and oxygen atoms in total. The highest BCUT2D eigenvalue weighted by Crippen LogP contribution is 2.27. The maximum atomic E-state index is 13.2. The molecule has 0 heterocycles. The van der Waals surface area contributed by atoms with E-state index < -0.39 is 15.8 Å². The summed E-state index contributed by atoms with van der Waals surface area (Å²) in [6.45, 7) is 3.84. The van der Waals surface area contributed by atoms with Crippen molar-refractivity contribution in [3.63, 3.8) is 0 Å². The molecule has 118 valence electrons. The standard InChI is InChI=1S/C13H19ClFN3O2S/c1-2-18(9-3-4-9)6-5-17-21(19,20)13-8-12(16)11(15)7-10(13)14/h7-9,17H,2-6,16H2,1H3. The van der Waals surface area contributed by atoms with Gasteiger partial charge in [0.25, 0.3) is 0 Å². The van der Waals surface area contributed by atoms with E-state index in [0.717, 1.165) is 18.7 Å². The third kappa shape index (κ3) is 4.06. The number of hydrogen-bond donors (Lipinski definition) is 2. The third-order valence-electron chi connectivity index (χ3n) is 3.50. The van der Waals surface area contributed by atoms with Crippen molar-refractivity contribution in [2.24, 2.45) is 0 Å². The van der Waals surface area contributed by atoms with Crippen LogP contribution < -0.4 is 10.5 Å². The highest BCUT2D eigenvalue weighted by atomic mass is 35.5. The second-order valence-electron chi connectivity index (χ2n) is 5.06. The number of anilines is 1. The summed E-state index contributed by atoms with van der Waals surface area (Å²) < 4.78 is 40.1. The fourth-order valence-corrected chi connectivity index (χ4v) is 3.76. The molecule has 0 spiro atoms. The fourth-order valence-electron chi connectivity index (χ4n) is 2.19. The Kier molecular flexibility index (Phi) is 5.08. The molecule has 0 saturated heterocycles. The molecule has 0 atom stereocenters. The van der Waals surface area contributed by atoms with Crippen LogP contribution in [0.5, 0.6) is 0 Å². The van der Waals surface area contributed by atoms with Crippen molar-refractivity contribution >= 4 is 27.3 Å². The Bertz CT molecular complexity index is 620. The van der Waals surface area contributed by atoms with Crippen LogP contribution in [0.1, 0.15) is 19.8 Å². The molecule has 1 saturated carbocycles. The highest BCUT2D eigenvalue weighted by Gasteiger charge is 2.28. The molecular formula is C13H19ClFN3O2S. The van der Waals surface area contributed by atoms with Gasteiger partial charge in [-0.2, -0.15) is 0 Å². The average Bonchev–Trinajstić information content (AvgIpc) is 3.23. The van der Waals surface area contributed by atoms with E-state index in [0.29, 0.717) is 12.6 Å². The maximum absolute atomic E-state index is 13.2. The molecule has 0 bridgehead atoms. The molecular weight excluding hydrogens is 317 g/mol. The number of rotatable bonds is 7. The molecule has 21 heavy (non-hydrogen) atoms. The zero-order valence-electron chi connectivity index (χ0n) is 11.8. The summed E-state index contributed by atoms with van der Waals surface area (Å²) in [5.74, 6) is -0.732. The SMILES string of the molecule is CCN(CCNS(=O)(=O)c1cc(N)c(F)cc1Cl)C1CC1. The lowest BCUT2D eigenvalue weighted by atomic mass is 10.3. The number of nitrogens with two attached hydrogens (primary N) is 1. The monoisotopic (exact) mass is 335 g/mol. The van der Waals surface area contributed by atoms with E-state index in [2.05, 4.69) is 9.62 Å². The maximum Gasteiger partial charge on any atom is 0.242 e. The first-order chi connectivity index (χ1) is 9.85. The number of nitrogens with one attached hydrogen (secondary N) is 1. The third-order valence-corrected chi connectivity index (χ3v) is 5.43. The summed E-state index contributed by atoms with van der Waals surface area (Å²) in [6, 6.07) is 2.52. The molecule has 1 aliphatic rings. The largest absolute Gasteiger partial charge is 0.396 e. The zero-order chi connectivity index (χ0) is 15.6. The molecule has 1 aromatic rings. The molecule has 1 fully saturated rings. The van der Waals surface area contributed by atoms with Gasteiger partial charge in [-0.1, -0.05) is 18.5 Å². The Morgan fingerprint density at radius 2 is 2.14 bits per heavy atom. The number of benzene rings is 1. The Hall–Kier alpha value is -0.890. The van der Waals surface area contributed by atoms with Gasteiger partial charge in [-0.05, 0) is 31.5 Å². The fraction of sp³-hybridized carbons (Fsp3) is 0.538. The van der Waals surface area contributed by atoms with Crippen molar-refractivity contribution < 1.29 is 12.8 Å². The number of likely N-dealkylation sites (N-methyl/N-ethyl adjacent to an activating group) is 1. The minimum Gasteiger partial charge on any atom is -0.396 e.